The van der Waals surface area contributed by atoms with Gasteiger partial charge in [0.05, 0.1) is 0 Å². The van der Waals surface area contributed by atoms with E-state index < -0.39 is 0 Å². The summed E-state index contributed by atoms with van der Waals surface area (Å²) >= 11 is 0. The van der Waals surface area contributed by atoms with Crippen molar-refractivity contribution < 1.29 is 14.3 Å². The molecule has 3 heteroatoms. The number of allylic oxidation sites excluding steroid dienone is 5. The summed E-state index contributed by atoms with van der Waals surface area (Å²) in [5.41, 5.74) is 4.14. The van der Waals surface area contributed by atoms with Crippen molar-refractivity contribution in [3.63, 3.8) is 0 Å². The zero-order valence-corrected chi connectivity index (χ0v) is 16.4. The minimum Gasteiger partial charge on any atom is -0.462 e. The summed E-state index contributed by atoms with van der Waals surface area (Å²) in [4.78, 5) is 23.5. The Morgan fingerprint density at radius 2 is 1.88 bits per heavy atom. The SMILES string of the molecule is CC(=O)OC1CC[C@@]2(C)C(=CC[C@H]3C4=CC=C(C(C)=O)[C@@]4(C)CC[C@@H]32)C1. The van der Waals surface area contributed by atoms with Gasteiger partial charge in [0, 0.05) is 24.3 Å². The first kappa shape index (κ1) is 17.8. The zero-order valence-electron chi connectivity index (χ0n) is 16.4. The van der Waals surface area contributed by atoms with Crippen LogP contribution >= 0.6 is 0 Å². The number of fused-ring (bicyclic) bond motifs is 5. The Balaban J connectivity index is 1.61. The predicted octanol–water partition coefficient (Wildman–Crippen LogP) is 4.93. The number of Topliss-reactive ketones (excluding diaryl/α,β-unsaturated/α-hetero) is 1. The second kappa shape index (κ2) is 5.94. The highest BCUT2D eigenvalue weighted by atomic mass is 16.5. The van der Waals surface area contributed by atoms with Crippen molar-refractivity contribution in [2.75, 3.05) is 0 Å². The molecule has 0 aromatic heterocycles. The Bertz CT molecular complexity index is 755. The third-order valence-electron chi connectivity index (χ3n) is 7.82. The Kier molecular flexibility index (Phi) is 4.05. The van der Waals surface area contributed by atoms with Gasteiger partial charge in [-0.25, -0.2) is 0 Å². The maximum absolute atomic E-state index is 12.1. The van der Waals surface area contributed by atoms with Gasteiger partial charge in [0.2, 0.25) is 0 Å². The van der Waals surface area contributed by atoms with Crippen LogP contribution in [0, 0.1) is 22.7 Å². The highest BCUT2D eigenvalue weighted by Crippen LogP contribution is 2.63. The molecule has 0 aromatic carbocycles. The summed E-state index contributed by atoms with van der Waals surface area (Å²) in [6.07, 6.45) is 13.1. The molecule has 4 aliphatic carbocycles. The van der Waals surface area contributed by atoms with E-state index in [1.807, 2.05) is 0 Å². The van der Waals surface area contributed by atoms with Crippen LogP contribution < -0.4 is 0 Å². The van der Waals surface area contributed by atoms with Crippen molar-refractivity contribution in [1.29, 1.82) is 0 Å². The summed E-state index contributed by atoms with van der Waals surface area (Å²) in [5, 5.41) is 0. The van der Waals surface area contributed by atoms with E-state index >= 15 is 0 Å². The van der Waals surface area contributed by atoms with Crippen LogP contribution in [-0.2, 0) is 14.3 Å². The van der Waals surface area contributed by atoms with E-state index in [1.54, 1.807) is 6.92 Å². The maximum Gasteiger partial charge on any atom is 0.302 e. The molecule has 3 nitrogen and oxygen atoms in total. The minimum absolute atomic E-state index is 0.0499. The number of esters is 1. The quantitative estimate of drug-likeness (QED) is 0.522. The molecule has 0 spiro atoms. The van der Waals surface area contributed by atoms with Crippen LogP contribution in [0.15, 0.2) is 34.9 Å². The molecule has 4 aliphatic rings. The number of ether oxygens (including phenoxy) is 1. The van der Waals surface area contributed by atoms with Crippen molar-refractivity contribution in [3.05, 3.63) is 34.9 Å². The van der Waals surface area contributed by atoms with E-state index in [0.29, 0.717) is 11.8 Å². The molecule has 0 heterocycles. The largest absolute Gasteiger partial charge is 0.462 e. The normalized spacial score (nSPS) is 41.1. The number of carbonyl (C=O) groups excluding carboxylic acids is 2. The topological polar surface area (TPSA) is 43.4 Å². The zero-order chi connectivity index (χ0) is 18.7. The highest BCUT2D eigenvalue weighted by Gasteiger charge is 2.54. The summed E-state index contributed by atoms with van der Waals surface area (Å²) in [5.74, 6) is 1.23. The highest BCUT2D eigenvalue weighted by molar-refractivity contribution is 5.96. The summed E-state index contributed by atoms with van der Waals surface area (Å²) in [7, 11) is 0. The first-order valence-electron chi connectivity index (χ1n) is 10.1. The van der Waals surface area contributed by atoms with E-state index in [4.69, 9.17) is 4.74 Å². The number of hydrogen-bond acceptors (Lipinski definition) is 3. The monoisotopic (exact) mass is 354 g/mol. The molecule has 5 atom stereocenters. The van der Waals surface area contributed by atoms with Gasteiger partial charge in [-0.05, 0) is 56.3 Å². The Hall–Kier alpha value is -1.64. The van der Waals surface area contributed by atoms with Gasteiger partial charge in [0.15, 0.2) is 5.78 Å². The second-order valence-electron chi connectivity index (χ2n) is 9.20. The van der Waals surface area contributed by atoms with E-state index in [9.17, 15) is 9.59 Å². The second-order valence-corrected chi connectivity index (χ2v) is 9.20. The van der Waals surface area contributed by atoms with Gasteiger partial charge in [-0.3, -0.25) is 9.59 Å². The molecular weight excluding hydrogens is 324 g/mol. The standard InChI is InChI=1S/C23H30O3/c1-14(24)19-7-8-20-18-6-5-16-13-17(26-15(2)25)9-11-22(16,3)21(18)10-12-23(19,20)4/h5,7-8,17-18,21H,6,9-13H2,1-4H3/t17?,18-,21-,22-,23+/m0/s1. The summed E-state index contributed by atoms with van der Waals surface area (Å²) in [6.45, 7) is 7.91. The Morgan fingerprint density at radius 3 is 2.58 bits per heavy atom. The van der Waals surface area contributed by atoms with Crippen molar-refractivity contribution >= 4 is 11.8 Å². The van der Waals surface area contributed by atoms with Crippen LogP contribution in [0.25, 0.3) is 0 Å². The molecule has 26 heavy (non-hydrogen) atoms. The van der Waals surface area contributed by atoms with Gasteiger partial charge in [0.25, 0.3) is 0 Å². The van der Waals surface area contributed by atoms with Gasteiger partial charge >= 0.3 is 5.97 Å². The van der Waals surface area contributed by atoms with Gasteiger partial charge in [0.1, 0.15) is 6.10 Å². The molecule has 1 unspecified atom stereocenters. The van der Waals surface area contributed by atoms with E-state index in [0.717, 1.165) is 37.7 Å². The lowest BCUT2D eigenvalue weighted by Gasteiger charge is -2.56. The van der Waals surface area contributed by atoms with Crippen LogP contribution in [-0.4, -0.2) is 17.9 Å². The smallest absolute Gasteiger partial charge is 0.302 e. The van der Waals surface area contributed by atoms with Crippen LogP contribution in [0.3, 0.4) is 0 Å². The lowest BCUT2D eigenvalue weighted by molar-refractivity contribution is -0.148. The fourth-order valence-electron chi connectivity index (χ4n) is 6.48. The van der Waals surface area contributed by atoms with Gasteiger partial charge < -0.3 is 4.74 Å². The van der Waals surface area contributed by atoms with Crippen molar-refractivity contribution in [1.82, 2.24) is 0 Å². The molecule has 140 valence electrons. The lowest BCUT2D eigenvalue weighted by atomic mass is 9.49. The molecule has 0 radical (unpaired) electrons. The fourth-order valence-corrected chi connectivity index (χ4v) is 6.48. The molecule has 0 aliphatic heterocycles. The number of rotatable bonds is 2. The first-order valence-corrected chi connectivity index (χ1v) is 10.1. The summed E-state index contributed by atoms with van der Waals surface area (Å²) < 4.78 is 5.51. The van der Waals surface area contributed by atoms with Crippen LogP contribution in [0.2, 0.25) is 0 Å². The Labute approximate surface area is 156 Å². The van der Waals surface area contributed by atoms with Crippen molar-refractivity contribution in [2.45, 2.75) is 72.3 Å². The lowest BCUT2D eigenvalue weighted by Crippen LogP contribution is -2.47. The van der Waals surface area contributed by atoms with Gasteiger partial charge in [-0.2, -0.15) is 0 Å². The van der Waals surface area contributed by atoms with E-state index in [2.05, 4.69) is 32.1 Å². The van der Waals surface area contributed by atoms with Crippen molar-refractivity contribution in [2.24, 2.45) is 22.7 Å². The number of ketones is 1. The average Bonchev–Trinajstić information content (AvgIpc) is 2.92. The van der Waals surface area contributed by atoms with Crippen LogP contribution in [0.4, 0.5) is 0 Å². The Morgan fingerprint density at radius 1 is 1.12 bits per heavy atom. The average molecular weight is 354 g/mol. The molecule has 0 bridgehead atoms. The van der Waals surface area contributed by atoms with Gasteiger partial charge in [-0.1, -0.05) is 43.2 Å². The van der Waals surface area contributed by atoms with Gasteiger partial charge in [-0.15, -0.1) is 0 Å². The molecule has 0 N–H and O–H groups in total. The van der Waals surface area contributed by atoms with E-state index in [-0.39, 0.29) is 28.7 Å². The fraction of sp³-hybridized carbons (Fsp3) is 0.652. The summed E-state index contributed by atoms with van der Waals surface area (Å²) in [6, 6.07) is 0. The van der Waals surface area contributed by atoms with Crippen LogP contribution in [0.1, 0.15) is 66.2 Å². The first-order chi connectivity index (χ1) is 12.3. The molecule has 2 fully saturated rings. The molecule has 0 saturated heterocycles. The molecular formula is C23H30O3. The molecule has 2 saturated carbocycles. The number of carbonyl (C=O) groups is 2. The minimum atomic E-state index is -0.166. The molecule has 0 amide bonds. The maximum atomic E-state index is 12.1. The van der Waals surface area contributed by atoms with Crippen molar-refractivity contribution in [3.8, 4) is 0 Å². The third kappa shape index (κ3) is 2.46. The molecule has 0 aromatic rings. The third-order valence-corrected chi connectivity index (χ3v) is 7.82. The van der Waals surface area contributed by atoms with E-state index in [1.165, 1.54) is 24.5 Å². The molecule has 4 rings (SSSR count). The predicted molar refractivity (Wildman–Crippen MR) is 101 cm³/mol. The van der Waals surface area contributed by atoms with Crippen LogP contribution in [0.5, 0.6) is 0 Å². The number of hydrogen-bond donors (Lipinski definition) is 0.